The maximum absolute atomic E-state index is 12.4. The molecule has 0 saturated heterocycles. The number of non-ortho nitro benzene ring substituents is 1. The summed E-state index contributed by atoms with van der Waals surface area (Å²) in [6, 6.07) is 13.2. The van der Waals surface area contributed by atoms with Gasteiger partial charge in [-0.05, 0) is 48.0 Å². The van der Waals surface area contributed by atoms with Crippen molar-refractivity contribution in [2.24, 2.45) is 0 Å². The monoisotopic (exact) mass is 376 g/mol. The predicted molar refractivity (Wildman–Crippen MR) is 107 cm³/mol. The molecule has 0 radical (unpaired) electrons. The van der Waals surface area contributed by atoms with E-state index < -0.39 is 4.92 Å². The van der Waals surface area contributed by atoms with E-state index in [0.717, 1.165) is 11.4 Å². The summed E-state index contributed by atoms with van der Waals surface area (Å²) < 4.78 is 1.76. The van der Waals surface area contributed by atoms with Gasteiger partial charge in [-0.1, -0.05) is 32.1 Å². The van der Waals surface area contributed by atoms with Crippen LogP contribution in [0.2, 0.25) is 0 Å². The Morgan fingerprint density at radius 1 is 1.07 bits per heavy atom. The Morgan fingerprint density at radius 3 is 2.29 bits per heavy atom. The second kappa shape index (κ2) is 7.56. The molecule has 0 saturated carbocycles. The lowest BCUT2D eigenvalue weighted by molar-refractivity contribution is -0.384. The number of nitro benzene ring substituents is 1. The normalized spacial score (nSPS) is 11.7. The number of ketones is 1. The molecule has 28 heavy (non-hydrogen) atoms. The molecule has 0 N–H and O–H groups in total. The van der Waals surface area contributed by atoms with E-state index in [-0.39, 0.29) is 16.9 Å². The van der Waals surface area contributed by atoms with Gasteiger partial charge in [-0.25, -0.2) is 4.68 Å². The van der Waals surface area contributed by atoms with E-state index in [1.54, 1.807) is 41.2 Å². The highest BCUT2D eigenvalue weighted by atomic mass is 16.6. The molecule has 0 unspecified atom stereocenters. The third-order valence-corrected chi connectivity index (χ3v) is 4.25. The van der Waals surface area contributed by atoms with Gasteiger partial charge in [-0.15, -0.1) is 5.10 Å². The number of carbonyl (C=O) groups is 1. The molecular formula is C21H20N4O3. The number of allylic oxidation sites excluding steroid dienone is 1. The molecule has 1 heterocycles. The minimum atomic E-state index is -0.458. The summed E-state index contributed by atoms with van der Waals surface area (Å²) in [6.07, 6.45) is 4.83. The second-order valence-corrected chi connectivity index (χ2v) is 7.37. The molecule has 7 heteroatoms. The Labute approximate surface area is 162 Å². The Morgan fingerprint density at radius 2 is 1.71 bits per heavy atom. The predicted octanol–water partition coefficient (Wildman–Crippen LogP) is 4.37. The van der Waals surface area contributed by atoms with E-state index in [9.17, 15) is 14.9 Å². The fourth-order valence-corrected chi connectivity index (χ4v) is 2.68. The quantitative estimate of drug-likeness (QED) is 0.285. The molecule has 2 aromatic carbocycles. The van der Waals surface area contributed by atoms with Crippen LogP contribution in [0.1, 0.15) is 42.4 Å². The molecule has 0 spiro atoms. The van der Waals surface area contributed by atoms with Crippen LogP contribution in [-0.2, 0) is 5.41 Å². The molecule has 0 amide bonds. The Balaban J connectivity index is 1.75. The van der Waals surface area contributed by atoms with Gasteiger partial charge >= 0.3 is 0 Å². The lowest BCUT2D eigenvalue weighted by Crippen LogP contribution is -2.17. The van der Waals surface area contributed by atoms with Crippen LogP contribution in [0.25, 0.3) is 11.8 Å². The van der Waals surface area contributed by atoms with Crippen LogP contribution in [-0.4, -0.2) is 25.7 Å². The molecule has 0 atom stereocenters. The molecule has 0 aliphatic carbocycles. The van der Waals surface area contributed by atoms with Crippen molar-refractivity contribution in [3.8, 4) is 5.69 Å². The third-order valence-electron chi connectivity index (χ3n) is 4.25. The molecule has 1 aromatic heterocycles. The SMILES string of the molecule is CC(C)(C)c1cnnn1-c1ccc(C(=O)/C=C/c2ccc([N+](=O)[O-])cc2)cc1. The zero-order valence-electron chi connectivity index (χ0n) is 15.9. The van der Waals surface area contributed by atoms with Crippen molar-refractivity contribution in [1.82, 2.24) is 15.0 Å². The van der Waals surface area contributed by atoms with E-state index in [1.807, 2.05) is 12.1 Å². The molecule has 3 aromatic rings. The molecule has 0 fully saturated rings. The van der Waals surface area contributed by atoms with Crippen LogP contribution in [0.15, 0.2) is 60.8 Å². The van der Waals surface area contributed by atoms with Crippen molar-refractivity contribution < 1.29 is 9.72 Å². The van der Waals surface area contributed by atoms with Gasteiger partial charge in [0.2, 0.25) is 0 Å². The smallest absolute Gasteiger partial charge is 0.269 e. The Hall–Kier alpha value is -3.61. The van der Waals surface area contributed by atoms with Gasteiger partial charge in [0.25, 0.3) is 5.69 Å². The highest BCUT2D eigenvalue weighted by Crippen LogP contribution is 2.23. The molecule has 0 aliphatic heterocycles. The highest BCUT2D eigenvalue weighted by molar-refractivity contribution is 6.06. The van der Waals surface area contributed by atoms with Gasteiger partial charge < -0.3 is 0 Å². The summed E-state index contributed by atoms with van der Waals surface area (Å²) in [4.78, 5) is 22.6. The molecule has 7 nitrogen and oxygen atoms in total. The average Bonchev–Trinajstić information content (AvgIpc) is 3.17. The van der Waals surface area contributed by atoms with Gasteiger partial charge in [0.05, 0.1) is 22.5 Å². The van der Waals surface area contributed by atoms with E-state index in [2.05, 4.69) is 31.1 Å². The van der Waals surface area contributed by atoms with Gasteiger partial charge in [0.15, 0.2) is 5.78 Å². The molecule has 142 valence electrons. The first-order valence-corrected chi connectivity index (χ1v) is 8.74. The number of nitro groups is 1. The zero-order valence-corrected chi connectivity index (χ0v) is 15.9. The summed E-state index contributed by atoms with van der Waals surface area (Å²) >= 11 is 0. The minimum absolute atomic E-state index is 0.0156. The van der Waals surface area contributed by atoms with Crippen molar-refractivity contribution in [2.75, 3.05) is 0 Å². The Kier molecular flexibility index (Phi) is 5.17. The minimum Gasteiger partial charge on any atom is -0.289 e. The summed E-state index contributed by atoms with van der Waals surface area (Å²) in [5.41, 5.74) is 2.97. The maximum Gasteiger partial charge on any atom is 0.269 e. The van der Waals surface area contributed by atoms with E-state index in [4.69, 9.17) is 0 Å². The van der Waals surface area contributed by atoms with Crippen molar-refractivity contribution in [1.29, 1.82) is 0 Å². The van der Waals surface area contributed by atoms with E-state index >= 15 is 0 Å². The van der Waals surface area contributed by atoms with Gasteiger partial charge in [-0.3, -0.25) is 14.9 Å². The molecule has 3 rings (SSSR count). The van der Waals surface area contributed by atoms with Crippen molar-refractivity contribution in [3.63, 3.8) is 0 Å². The topological polar surface area (TPSA) is 90.9 Å². The maximum atomic E-state index is 12.4. The number of hydrogen-bond acceptors (Lipinski definition) is 5. The lowest BCUT2D eigenvalue weighted by atomic mass is 9.92. The number of carbonyl (C=O) groups excluding carboxylic acids is 1. The third kappa shape index (κ3) is 4.20. The Bertz CT molecular complexity index is 1030. The first kappa shape index (κ1) is 19.2. The van der Waals surface area contributed by atoms with Gasteiger partial charge in [0, 0.05) is 23.1 Å². The summed E-state index contributed by atoms with van der Waals surface area (Å²) in [7, 11) is 0. The number of rotatable bonds is 5. The second-order valence-electron chi connectivity index (χ2n) is 7.37. The molecule has 0 aliphatic rings. The van der Waals surface area contributed by atoms with Crippen LogP contribution >= 0.6 is 0 Å². The largest absolute Gasteiger partial charge is 0.289 e. The van der Waals surface area contributed by atoms with Crippen molar-refractivity contribution in [3.05, 3.63) is 87.7 Å². The van der Waals surface area contributed by atoms with Crippen molar-refractivity contribution >= 4 is 17.5 Å². The van der Waals surface area contributed by atoms with Crippen LogP contribution in [0.3, 0.4) is 0 Å². The van der Waals surface area contributed by atoms with Gasteiger partial charge in [0.1, 0.15) is 0 Å². The van der Waals surface area contributed by atoms with Gasteiger partial charge in [-0.2, -0.15) is 0 Å². The van der Waals surface area contributed by atoms with Crippen LogP contribution in [0, 0.1) is 10.1 Å². The van der Waals surface area contributed by atoms with Crippen LogP contribution in [0.4, 0.5) is 5.69 Å². The highest BCUT2D eigenvalue weighted by Gasteiger charge is 2.20. The molecule has 0 bridgehead atoms. The summed E-state index contributed by atoms with van der Waals surface area (Å²) in [6.45, 7) is 6.26. The fraction of sp³-hybridized carbons (Fsp3) is 0.190. The fourth-order valence-electron chi connectivity index (χ4n) is 2.68. The van der Waals surface area contributed by atoms with Crippen LogP contribution in [0.5, 0.6) is 0 Å². The standard InChI is InChI=1S/C21H20N4O3/c1-21(2,3)20-14-22-23-24(20)17-11-7-16(8-12-17)19(26)13-6-15-4-9-18(10-5-15)25(27)28/h4-14H,1-3H3/b13-6+. The summed E-state index contributed by atoms with van der Waals surface area (Å²) in [5.74, 6) is -0.153. The first-order valence-electron chi connectivity index (χ1n) is 8.74. The van der Waals surface area contributed by atoms with Crippen LogP contribution < -0.4 is 0 Å². The number of benzene rings is 2. The number of hydrogen-bond donors (Lipinski definition) is 0. The lowest BCUT2D eigenvalue weighted by Gasteiger charge is -2.19. The number of aromatic nitrogens is 3. The number of nitrogens with zero attached hydrogens (tertiary/aromatic N) is 4. The van der Waals surface area contributed by atoms with E-state index in [1.165, 1.54) is 18.2 Å². The molecular weight excluding hydrogens is 356 g/mol. The first-order chi connectivity index (χ1) is 13.3. The average molecular weight is 376 g/mol. The summed E-state index contributed by atoms with van der Waals surface area (Å²) in [5, 5.41) is 18.8. The van der Waals surface area contributed by atoms with Crippen molar-refractivity contribution in [2.45, 2.75) is 26.2 Å². The van der Waals surface area contributed by atoms with E-state index in [0.29, 0.717) is 11.1 Å². The zero-order chi connectivity index (χ0) is 20.3.